The maximum atomic E-state index is 4.52. The Morgan fingerprint density at radius 1 is 1.14 bits per heavy atom. The normalized spacial score (nSPS) is 18.0. The van der Waals surface area contributed by atoms with E-state index < -0.39 is 0 Å². The SMILES string of the molecule is CC(CN1CCCCC1)NCc1cccc2cccnc12. The molecule has 0 aliphatic carbocycles. The summed E-state index contributed by atoms with van der Waals surface area (Å²) in [6, 6.07) is 11.1. The summed E-state index contributed by atoms with van der Waals surface area (Å²) >= 11 is 0. The molecule has 112 valence electrons. The van der Waals surface area contributed by atoms with Gasteiger partial charge in [-0.1, -0.05) is 30.7 Å². The van der Waals surface area contributed by atoms with Gasteiger partial charge in [0.1, 0.15) is 0 Å². The van der Waals surface area contributed by atoms with E-state index >= 15 is 0 Å². The van der Waals surface area contributed by atoms with Gasteiger partial charge in [-0.15, -0.1) is 0 Å². The van der Waals surface area contributed by atoms with Crippen molar-refractivity contribution < 1.29 is 0 Å². The highest BCUT2D eigenvalue weighted by atomic mass is 15.1. The first kappa shape index (κ1) is 14.5. The van der Waals surface area contributed by atoms with Gasteiger partial charge in [-0.05, 0) is 44.5 Å². The fourth-order valence-corrected chi connectivity index (χ4v) is 3.19. The van der Waals surface area contributed by atoms with E-state index in [4.69, 9.17) is 0 Å². The van der Waals surface area contributed by atoms with E-state index in [9.17, 15) is 0 Å². The highest BCUT2D eigenvalue weighted by Crippen LogP contribution is 2.16. The van der Waals surface area contributed by atoms with Crippen molar-refractivity contribution in [2.75, 3.05) is 19.6 Å². The molecule has 1 aliphatic rings. The number of pyridine rings is 1. The van der Waals surface area contributed by atoms with E-state index in [1.165, 1.54) is 43.3 Å². The van der Waals surface area contributed by atoms with E-state index in [0.717, 1.165) is 18.6 Å². The largest absolute Gasteiger partial charge is 0.309 e. The van der Waals surface area contributed by atoms with Crippen molar-refractivity contribution in [3.8, 4) is 0 Å². The lowest BCUT2D eigenvalue weighted by Gasteiger charge is -2.29. The van der Waals surface area contributed by atoms with Crippen LogP contribution in [0.15, 0.2) is 36.5 Å². The van der Waals surface area contributed by atoms with Crippen LogP contribution in [-0.2, 0) is 6.54 Å². The third-order valence-electron chi connectivity index (χ3n) is 4.34. The number of piperidine rings is 1. The molecule has 1 N–H and O–H groups in total. The van der Waals surface area contributed by atoms with Crippen molar-refractivity contribution in [1.82, 2.24) is 15.2 Å². The maximum Gasteiger partial charge on any atom is 0.0746 e. The number of aromatic nitrogens is 1. The highest BCUT2D eigenvalue weighted by Gasteiger charge is 2.13. The minimum absolute atomic E-state index is 0.516. The van der Waals surface area contributed by atoms with Gasteiger partial charge in [0.2, 0.25) is 0 Å². The van der Waals surface area contributed by atoms with E-state index in [1.807, 2.05) is 12.3 Å². The molecule has 0 spiro atoms. The minimum Gasteiger partial charge on any atom is -0.309 e. The number of hydrogen-bond donors (Lipinski definition) is 1. The smallest absolute Gasteiger partial charge is 0.0746 e. The molecule has 3 nitrogen and oxygen atoms in total. The minimum atomic E-state index is 0.516. The van der Waals surface area contributed by atoms with Gasteiger partial charge in [0.15, 0.2) is 0 Å². The molecule has 0 saturated carbocycles. The third kappa shape index (κ3) is 3.80. The number of para-hydroxylation sites is 1. The van der Waals surface area contributed by atoms with Crippen molar-refractivity contribution in [3.05, 3.63) is 42.1 Å². The molecule has 1 unspecified atom stereocenters. The third-order valence-corrected chi connectivity index (χ3v) is 4.34. The summed E-state index contributed by atoms with van der Waals surface area (Å²) in [5, 5.41) is 4.88. The van der Waals surface area contributed by atoms with E-state index in [0.29, 0.717) is 6.04 Å². The second-order valence-electron chi connectivity index (χ2n) is 6.14. The Bertz CT molecular complexity index is 570. The van der Waals surface area contributed by atoms with Gasteiger partial charge in [-0.3, -0.25) is 4.98 Å². The van der Waals surface area contributed by atoms with Crippen molar-refractivity contribution in [1.29, 1.82) is 0 Å². The van der Waals surface area contributed by atoms with Gasteiger partial charge in [0, 0.05) is 30.7 Å². The molecular weight excluding hydrogens is 258 g/mol. The molecule has 1 aliphatic heterocycles. The summed E-state index contributed by atoms with van der Waals surface area (Å²) in [6.45, 7) is 6.86. The summed E-state index contributed by atoms with van der Waals surface area (Å²) in [6.07, 6.45) is 6.00. The molecule has 3 heteroatoms. The topological polar surface area (TPSA) is 28.2 Å². The summed E-state index contributed by atoms with van der Waals surface area (Å²) in [5.74, 6) is 0. The zero-order chi connectivity index (χ0) is 14.5. The Morgan fingerprint density at radius 2 is 1.95 bits per heavy atom. The summed E-state index contributed by atoms with van der Waals surface area (Å²) in [4.78, 5) is 7.11. The predicted molar refractivity (Wildman–Crippen MR) is 88.3 cm³/mol. The number of rotatable bonds is 5. The van der Waals surface area contributed by atoms with Gasteiger partial charge >= 0.3 is 0 Å². The Morgan fingerprint density at radius 3 is 2.81 bits per heavy atom. The Hall–Kier alpha value is -1.45. The highest BCUT2D eigenvalue weighted by molar-refractivity contribution is 5.81. The number of hydrogen-bond acceptors (Lipinski definition) is 3. The quantitative estimate of drug-likeness (QED) is 0.913. The Kier molecular flexibility index (Phi) is 4.84. The summed E-state index contributed by atoms with van der Waals surface area (Å²) in [7, 11) is 0. The monoisotopic (exact) mass is 283 g/mol. The summed E-state index contributed by atoms with van der Waals surface area (Å²) < 4.78 is 0. The van der Waals surface area contributed by atoms with Crippen molar-refractivity contribution >= 4 is 10.9 Å². The van der Waals surface area contributed by atoms with Crippen LogP contribution in [0.2, 0.25) is 0 Å². The zero-order valence-corrected chi connectivity index (χ0v) is 12.9. The van der Waals surface area contributed by atoms with Gasteiger partial charge in [0.25, 0.3) is 0 Å². The lowest BCUT2D eigenvalue weighted by molar-refractivity contribution is 0.209. The summed E-state index contributed by atoms with van der Waals surface area (Å²) in [5.41, 5.74) is 2.41. The predicted octanol–water partition coefficient (Wildman–Crippen LogP) is 3.20. The van der Waals surface area contributed by atoms with E-state index in [2.05, 4.69) is 46.4 Å². The molecule has 1 aromatic heterocycles. The van der Waals surface area contributed by atoms with Crippen LogP contribution in [0.4, 0.5) is 0 Å². The van der Waals surface area contributed by atoms with Crippen LogP contribution in [0.1, 0.15) is 31.7 Å². The van der Waals surface area contributed by atoms with Crippen LogP contribution in [0.5, 0.6) is 0 Å². The molecule has 0 amide bonds. The fourth-order valence-electron chi connectivity index (χ4n) is 3.19. The first-order chi connectivity index (χ1) is 10.3. The number of benzene rings is 1. The molecule has 1 atom stereocenters. The van der Waals surface area contributed by atoms with Crippen molar-refractivity contribution in [3.63, 3.8) is 0 Å². The number of fused-ring (bicyclic) bond motifs is 1. The van der Waals surface area contributed by atoms with Crippen LogP contribution in [0, 0.1) is 0 Å². The van der Waals surface area contributed by atoms with Crippen molar-refractivity contribution in [2.45, 2.75) is 38.8 Å². The first-order valence-electron chi connectivity index (χ1n) is 8.11. The fraction of sp³-hybridized carbons (Fsp3) is 0.500. The Labute approximate surface area is 127 Å². The standard InChI is InChI=1S/C18H25N3/c1-15(14-21-11-3-2-4-12-21)20-13-17-8-5-7-16-9-6-10-19-18(16)17/h5-10,15,20H,2-4,11-14H2,1H3. The van der Waals surface area contributed by atoms with E-state index in [-0.39, 0.29) is 0 Å². The molecule has 1 aromatic carbocycles. The first-order valence-corrected chi connectivity index (χ1v) is 8.11. The molecule has 2 heterocycles. The lowest BCUT2D eigenvalue weighted by Crippen LogP contribution is -2.41. The molecule has 3 rings (SSSR count). The zero-order valence-electron chi connectivity index (χ0n) is 12.9. The van der Waals surface area contributed by atoms with Crippen LogP contribution in [0.3, 0.4) is 0 Å². The molecule has 21 heavy (non-hydrogen) atoms. The number of likely N-dealkylation sites (tertiary alicyclic amines) is 1. The number of nitrogens with one attached hydrogen (secondary N) is 1. The van der Waals surface area contributed by atoms with Crippen LogP contribution in [0.25, 0.3) is 10.9 Å². The molecule has 1 saturated heterocycles. The molecule has 1 fully saturated rings. The second kappa shape index (κ2) is 7.01. The average molecular weight is 283 g/mol. The molecule has 2 aromatic rings. The van der Waals surface area contributed by atoms with Gasteiger partial charge in [-0.25, -0.2) is 0 Å². The maximum absolute atomic E-state index is 4.52. The van der Waals surface area contributed by atoms with Crippen LogP contribution >= 0.6 is 0 Å². The van der Waals surface area contributed by atoms with E-state index in [1.54, 1.807) is 0 Å². The number of nitrogens with zero attached hydrogens (tertiary/aromatic N) is 2. The van der Waals surface area contributed by atoms with Gasteiger partial charge in [0.05, 0.1) is 5.52 Å². The average Bonchev–Trinajstić information content (AvgIpc) is 2.54. The molecule has 0 bridgehead atoms. The molecular formula is C18H25N3. The van der Waals surface area contributed by atoms with Crippen molar-refractivity contribution in [2.24, 2.45) is 0 Å². The van der Waals surface area contributed by atoms with Gasteiger partial charge in [-0.2, -0.15) is 0 Å². The Balaban J connectivity index is 1.58. The lowest BCUT2D eigenvalue weighted by atomic mass is 10.1. The second-order valence-corrected chi connectivity index (χ2v) is 6.14. The van der Waals surface area contributed by atoms with Crippen LogP contribution < -0.4 is 5.32 Å². The van der Waals surface area contributed by atoms with Gasteiger partial charge < -0.3 is 10.2 Å². The van der Waals surface area contributed by atoms with Crippen LogP contribution in [-0.4, -0.2) is 35.6 Å². The molecule has 0 radical (unpaired) electrons.